The van der Waals surface area contributed by atoms with E-state index in [9.17, 15) is 0 Å². The Morgan fingerprint density at radius 3 is 2.51 bits per heavy atom. The molecule has 0 saturated carbocycles. The number of hydrogen-bond donors (Lipinski definition) is 0. The van der Waals surface area contributed by atoms with Crippen LogP contribution < -0.4 is 0 Å². The number of nitrogens with zero attached hydrogens (tertiary/aromatic N) is 2. The molecular weight excluding hydrogens is 617 g/mol. The Morgan fingerprint density at radius 1 is 0.824 bits per heavy atom. The second kappa shape index (κ2) is 16.1. The molecular formula is C49H48N2. The van der Waals surface area contributed by atoms with Crippen molar-refractivity contribution in [1.29, 1.82) is 0 Å². The summed E-state index contributed by atoms with van der Waals surface area (Å²) in [6.45, 7) is 10.5. The normalized spacial score (nSPS) is 21.5. The smallest absolute Gasteiger partial charge is 0.132 e. The van der Waals surface area contributed by atoms with Crippen molar-refractivity contribution in [2.45, 2.75) is 64.2 Å². The van der Waals surface area contributed by atoms with Gasteiger partial charge in [-0.05, 0) is 138 Å². The predicted molar refractivity (Wildman–Crippen MR) is 220 cm³/mol. The van der Waals surface area contributed by atoms with Gasteiger partial charge in [0.25, 0.3) is 0 Å². The van der Waals surface area contributed by atoms with E-state index in [1.807, 2.05) is 12.2 Å². The van der Waals surface area contributed by atoms with E-state index in [4.69, 9.17) is 9.98 Å². The van der Waals surface area contributed by atoms with Crippen LogP contribution in [0.15, 0.2) is 191 Å². The minimum absolute atomic E-state index is 0.300. The van der Waals surface area contributed by atoms with Crippen molar-refractivity contribution >= 4 is 27.9 Å². The van der Waals surface area contributed by atoms with Gasteiger partial charge in [0, 0.05) is 11.6 Å². The van der Waals surface area contributed by atoms with Crippen LogP contribution in [0.2, 0.25) is 0 Å². The molecule has 3 aromatic carbocycles. The van der Waals surface area contributed by atoms with Gasteiger partial charge in [0.15, 0.2) is 0 Å². The van der Waals surface area contributed by atoms with Gasteiger partial charge in [-0.2, -0.15) is 0 Å². The van der Waals surface area contributed by atoms with E-state index in [0.29, 0.717) is 11.8 Å². The van der Waals surface area contributed by atoms with Crippen LogP contribution in [0.4, 0.5) is 0 Å². The quantitative estimate of drug-likeness (QED) is 0.0991. The molecule has 4 aliphatic rings. The van der Waals surface area contributed by atoms with Crippen LogP contribution in [-0.4, -0.2) is 11.5 Å². The summed E-state index contributed by atoms with van der Waals surface area (Å²) in [5.41, 5.74) is 12.0. The Bertz CT molecular complexity index is 2140. The lowest BCUT2D eigenvalue weighted by molar-refractivity contribution is 0.603. The first-order chi connectivity index (χ1) is 25.1. The van der Waals surface area contributed by atoms with Crippen LogP contribution >= 0.6 is 0 Å². The highest BCUT2D eigenvalue weighted by atomic mass is 14.9. The zero-order valence-corrected chi connectivity index (χ0v) is 29.9. The Balaban J connectivity index is 1.15. The number of fused-ring (bicyclic) bond motifs is 1. The monoisotopic (exact) mass is 664 g/mol. The first kappa shape index (κ1) is 34.1. The van der Waals surface area contributed by atoms with Crippen LogP contribution in [0, 0.1) is 5.92 Å². The molecule has 4 aliphatic carbocycles. The third-order valence-electron chi connectivity index (χ3n) is 10.5. The van der Waals surface area contributed by atoms with Crippen molar-refractivity contribution < 1.29 is 0 Å². The summed E-state index contributed by atoms with van der Waals surface area (Å²) in [5, 5.41) is 2.55. The van der Waals surface area contributed by atoms with Gasteiger partial charge in [-0.25, -0.2) is 9.98 Å². The zero-order valence-electron chi connectivity index (χ0n) is 29.9. The first-order valence-electron chi connectivity index (χ1n) is 18.6. The molecule has 0 N–H and O–H groups in total. The molecule has 2 nitrogen and oxygen atoms in total. The molecule has 51 heavy (non-hydrogen) atoms. The molecule has 3 aromatic rings. The van der Waals surface area contributed by atoms with Gasteiger partial charge in [-0.3, -0.25) is 0 Å². The summed E-state index contributed by atoms with van der Waals surface area (Å²) in [4.78, 5) is 10.5. The van der Waals surface area contributed by atoms with Crippen molar-refractivity contribution in [3.63, 3.8) is 0 Å². The third kappa shape index (κ3) is 8.02. The van der Waals surface area contributed by atoms with Crippen molar-refractivity contribution in [2.24, 2.45) is 15.9 Å². The summed E-state index contributed by atoms with van der Waals surface area (Å²) in [7, 11) is 0. The molecule has 0 bridgehead atoms. The molecule has 0 aromatic heterocycles. The summed E-state index contributed by atoms with van der Waals surface area (Å²) in [5.74, 6) is 1.68. The van der Waals surface area contributed by atoms with E-state index in [1.54, 1.807) is 0 Å². The Morgan fingerprint density at radius 2 is 1.71 bits per heavy atom. The number of allylic oxidation sites excluding steroid dienone is 16. The first-order valence-corrected chi connectivity index (χ1v) is 18.6. The zero-order chi connectivity index (χ0) is 35.0. The number of amidine groups is 1. The summed E-state index contributed by atoms with van der Waals surface area (Å²) < 4.78 is 0. The molecule has 0 heterocycles. The Kier molecular flexibility index (Phi) is 10.8. The van der Waals surface area contributed by atoms with E-state index in [1.165, 1.54) is 44.2 Å². The lowest BCUT2D eigenvalue weighted by Gasteiger charge is -2.26. The highest BCUT2D eigenvalue weighted by Gasteiger charge is 2.23. The third-order valence-corrected chi connectivity index (χ3v) is 10.5. The Hall–Kier alpha value is -5.34. The standard InChI is InChI=1S/C49H48N2/c1-4-16-48(40-19-7-5-8-20-40)51-49(41-21-9-6-10-22-41)50-36(3)42-24-14-25-43(34-42)37-29-31-39(32-30-37)47-33-35(2)17-13-27-46(47)45-28-15-23-38-18-11-12-26-44(38)45/h4,6-7,9,11-20,23-28,31,33-34,37,41H,1-2,5,8,10,21-22,29-30,32H2,3H3/b48-16+,50-36+,51-49-. The maximum atomic E-state index is 5.29. The second-order valence-corrected chi connectivity index (χ2v) is 14.0. The van der Waals surface area contributed by atoms with E-state index in [-0.39, 0.29) is 0 Å². The van der Waals surface area contributed by atoms with Gasteiger partial charge in [-0.15, -0.1) is 0 Å². The van der Waals surface area contributed by atoms with Gasteiger partial charge in [0.2, 0.25) is 0 Å². The minimum Gasteiger partial charge on any atom is -0.237 e. The average molecular weight is 665 g/mol. The Labute approximate surface area is 304 Å². The molecule has 0 saturated heterocycles. The lowest BCUT2D eigenvalue weighted by Crippen LogP contribution is -2.16. The van der Waals surface area contributed by atoms with Crippen molar-refractivity contribution in [1.82, 2.24) is 0 Å². The molecule has 0 aliphatic heterocycles. The molecule has 2 heteroatoms. The lowest BCUT2D eigenvalue weighted by atomic mass is 9.79. The number of rotatable bonds is 8. The van der Waals surface area contributed by atoms with Crippen molar-refractivity contribution in [2.75, 3.05) is 0 Å². The summed E-state index contributed by atoms with van der Waals surface area (Å²) >= 11 is 0. The van der Waals surface area contributed by atoms with E-state index >= 15 is 0 Å². The van der Waals surface area contributed by atoms with Gasteiger partial charge < -0.3 is 0 Å². The van der Waals surface area contributed by atoms with Gasteiger partial charge in [-0.1, -0.05) is 135 Å². The van der Waals surface area contributed by atoms with Gasteiger partial charge >= 0.3 is 0 Å². The largest absolute Gasteiger partial charge is 0.237 e. The van der Waals surface area contributed by atoms with Crippen LogP contribution in [0.25, 0.3) is 16.3 Å². The van der Waals surface area contributed by atoms with E-state index in [0.717, 1.165) is 79.8 Å². The fourth-order valence-electron chi connectivity index (χ4n) is 7.74. The molecule has 2 atom stereocenters. The fraction of sp³-hybridized carbons (Fsp3) is 0.224. The van der Waals surface area contributed by atoms with Gasteiger partial charge in [0.05, 0.1) is 5.70 Å². The minimum atomic E-state index is 0.300. The SMILES string of the molecule is C=C/C=C(/N=C(\N=C(/C)c1cccc(C2CC=C(C3=CC(=C)C=CC=C3c3cccc4ccccc34)CC2)c1)C1CC=CCC1)C1=CCCC=C1. The molecule has 0 spiro atoms. The number of aliphatic imine (C=N–C) groups is 2. The van der Waals surface area contributed by atoms with Crippen LogP contribution in [0.1, 0.15) is 80.9 Å². The predicted octanol–water partition coefficient (Wildman–Crippen LogP) is 13.1. The van der Waals surface area contributed by atoms with Crippen LogP contribution in [0.5, 0.6) is 0 Å². The maximum Gasteiger partial charge on any atom is 0.132 e. The highest BCUT2D eigenvalue weighted by molar-refractivity contribution is 6.07. The maximum absolute atomic E-state index is 5.29. The molecule has 2 unspecified atom stereocenters. The summed E-state index contributed by atoms with van der Waals surface area (Å²) in [6, 6.07) is 24.4. The molecule has 0 radical (unpaired) electrons. The fourth-order valence-corrected chi connectivity index (χ4v) is 7.74. The van der Waals surface area contributed by atoms with Crippen LogP contribution in [0.3, 0.4) is 0 Å². The number of hydrogen-bond acceptors (Lipinski definition) is 1. The average Bonchev–Trinajstić information content (AvgIpc) is 3.39. The summed E-state index contributed by atoms with van der Waals surface area (Å²) in [6.07, 6.45) is 34.8. The molecule has 0 amide bonds. The molecule has 0 fully saturated rings. The number of benzene rings is 3. The molecule has 254 valence electrons. The van der Waals surface area contributed by atoms with E-state index in [2.05, 4.69) is 148 Å². The van der Waals surface area contributed by atoms with Crippen molar-refractivity contribution in [3.8, 4) is 0 Å². The molecule has 7 rings (SSSR count). The van der Waals surface area contributed by atoms with E-state index < -0.39 is 0 Å². The van der Waals surface area contributed by atoms with Crippen molar-refractivity contribution in [3.05, 3.63) is 197 Å². The van der Waals surface area contributed by atoms with Crippen LogP contribution in [-0.2, 0) is 0 Å². The second-order valence-electron chi connectivity index (χ2n) is 14.0. The highest BCUT2D eigenvalue weighted by Crippen LogP contribution is 2.41. The van der Waals surface area contributed by atoms with Gasteiger partial charge in [0.1, 0.15) is 5.84 Å². The topological polar surface area (TPSA) is 24.7 Å².